The average molecular weight is 323 g/mol. The van der Waals surface area contributed by atoms with Gasteiger partial charge in [-0.2, -0.15) is 0 Å². The van der Waals surface area contributed by atoms with Crippen molar-refractivity contribution in [3.05, 3.63) is 29.8 Å². The topological polar surface area (TPSA) is 42.8 Å². The summed E-state index contributed by atoms with van der Waals surface area (Å²) in [6.45, 7) is 9.83. The summed E-state index contributed by atoms with van der Waals surface area (Å²) in [7, 11) is 0. The third-order valence-corrected chi connectivity index (χ3v) is 5.02. The molecule has 22 heavy (non-hydrogen) atoms. The van der Waals surface area contributed by atoms with E-state index in [2.05, 4.69) is 36.5 Å². The number of nitrogens with one attached hydrogen (secondary N) is 2. The van der Waals surface area contributed by atoms with E-state index in [0.717, 1.165) is 50.7 Å². The molecule has 0 spiro atoms. The van der Waals surface area contributed by atoms with Crippen LogP contribution in [0.15, 0.2) is 29.2 Å². The number of amides is 1. The first kappa shape index (κ1) is 17.3. The van der Waals surface area contributed by atoms with Crippen molar-refractivity contribution in [1.29, 1.82) is 0 Å². The monoisotopic (exact) mass is 323 g/mol. The highest BCUT2D eigenvalue weighted by atomic mass is 32.2. The summed E-state index contributed by atoms with van der Waals surface area (Å²) >= 11 is 1.61. The Morgan fingerprint density at radius 1 is 1.32 bits per heavy atom. The lowest BCUT2D eigenvalue weighted by atomic mass is 10.2. The fourth-order valence-electron chi connectivity index (χ4n) is 2.48. The van der Waals surface area contributed by atoms with Gasteiger partial charge in [0.25, 0.3) is 0 Å². The molecule has 2 rings (SSSR count). The molecule has 0 aromatic heterocycles. The molecular weight excluding hydrogens is 296 g/mol. The quantitative estimate of drug-likeness (QED) is 0.579. The van der Waals surface area contributed by atoms with Crippen molar-refractivity contribution < 1.29 is 14.4 Å². The SMILES string of the molecule is Cc1ccc(S[C@@H](C)C(=O)NCCC[NH+]2CCOCC2)cc1. The number of aryl methyl sites for hydroxylation is 1. The highest BCUT2D eigenvalue weighted by Gasteiger charge is 2.15. The Labute approximate surface area is 137 Å². The number of carbonyl (C=O) groups excluding carboxylic acids is 1. The predicted octanol–water partition coefficient (Wildman–Crippen LogP) is 0.897. The molecule has 0 saturated carbocycles. The van der Waals surface area contributed by atoms with Crippen LogP contribution in [-0.2, 0) is 9.53 Å². The maximum absolute atomic E-state index is 12.1. The highest BCUT2D eigenvalue weighted by Crippen LogP contribution is 2.23. The molecule has 1 aromatic rings. The molecule has 1 saturated heterocycles. The Kier molecular flexibility index (Phi) is 7.22. The van der Waals surface area contributed by atoms with E-state index in [0.29, 0.717) is 0 Å². The molecule has 2 N–H and O–H groups in total. The molecule has 1 heterocycles. The molecule has 1 atom stereocenters. The van der Waals surface area contributed by atoms with Crippen LogP contribution < -0.4 is 10.2 Å². The van der Waals surface area contributed by atoms with E-state index in [1.807, 2.05) is 6.92 Å². The van der Waals surface area contributed by atoms with Crippen molar-refractivity contribution in [3.63, 3.8) is 0 Å². The number of hydrogen-bond acceptors (Lipinski definition) is 3. The zero-order valence-corrected chi connectivity index (χ0v) is 14.4. The zero-order valence-electron chi connectivity index (χ0n) is 13.6. The maximum atomic E-state index is 12.1. The number of morpholine rings is 1. The first-order valence-electron chi connectivity index (χ1n) is 8.07. The second-order valence-electron chi connectivity index (χ2n) is 5.83. The summed E-state index contributed by atoms with van der Waals surface area (Å²) in [4.78, 5) is 14.8. The summed E-state index contributed by atoms with van der Waals surface area (Å²) in [5.74, 6) is 0.127. The van der Waals surface area contributed by atoms with Crippen LogP contribution >= 0.6 is 11.8 Å². The molecule has 5 heteroatoms. The highest BCUT2D eigenvalue weighted by molar-refractivity contribution is 8.00. The second kappa shape index (κ2) is 9.18. The third-order valence-electron chi connectivity index (χ3n) is 3.91. The Hall–Kier alpha value is -1.04. The molecule has 1 amide bonds. The van der Waals surface area contributed by atoms with E-state index >= 15 is 0 Å². The fraction of sp³-hybridized carbons (Fsp3) is 0.588. The first-order chi connectivity index (χ1) is 10.6. The second-order valence-corrected chi connectivity index (χ2v) is 7.24. The van der Waals surface area contributed by atoms with Gasteiger partial charge in [-0.25, -0.2) is 0 Å². The van der Waals surface area contributed by atoms with Crippen LogP contribution in [0, 0.1) is 6.92 Å². The van der Waals surface area contributed by atoms with Gasteiger partial charge in [0, 0.05) is 17.9 Å². The molecule has 0 radical (unpaired) electrons. The smallest absolute Gasteiger partial charge is 0.233 e. The summed E-state index contributed by atoms with van der Waals surface area (Å²) < 4.78 is 5.35. The van der Waals surface area contributed by atoms with Gasteiger partial charge < -0.3 is 15.0 Å². The molecule has 1 aliphatic heterocycles. The normalized spacial score (nSPS) is 17.2. The summed E-state index contributed by atoms with van der Waals surface area (Å²) in [5, 5.41) is 2.99. The van der Waals surface area contributed by atoms with Gasteiger partial charge in [0.2, 0.25) is 5.91 Å². The van der Waals surface area contributed by atoms with E-state index in [-0.39, 0.29) is 11.2 Å². The number of hydrogen-bond donors (Lipinski definition) is 2. The van der Waals surface area contributed by atoms with E-state index in [1.165, 1.54) is 5.56 Å². The zero-order chi connectivity index (χ0) is 15.8. The van der Waals surface area contributed by atoms with Crippen LogP contribution in [0.1, 0.15) is 18.9 Å². The van der Waals surface area contributed by atoms with E-state index < -0.39 is 0 Å². The van der Waals surface area contributed by atoms with Gasteiger partial charge in [0.1, 0.15) is 13.1 Å². The number of carbonyl (C=O) groups is 1. The number of rotatable bonds is 7. The van der Waals surface area contributed by atoms with Gasteiger partial charge in [-0.1, -0.05) is 17.7 Å². The van der Waals surface area contributed by atoms with Crippen molar-refractivity contribution in [1.82, 2.24) is 5.32 Å². The Bertz CT molecular complexity index is 458. The van der Waals surface area contributed by atoms with Gasteiger partial charge >= 0.3 is 0 Å². The number of thioether (sulfide) groups is 1. The molecule has 122 valence electrons. The number of benzene rings is 1. The lowest BCUT2D eigenvalue weighted by Crippen LogP contribution is -3.14. The Balaban J connectivity index is 1.62. The summed E-state index contributed by atoms with van der Waals surface area (Å²) in [6.07, 6.45) is 1.03. The van der Waals surface area contributed by atoms with Gasteiger partial charge in [0.05, 0.1) is 25.0 Å². The number of ether oxygens (including phenoxy) is 1. The minimum atomic E-state index is -0.0570. The van der Waals surface area contributed by atoms with E-state index in [1.54, 1.807) is 16.7 Å². The molecule has 1 aliphatic rings. The molecule has 4 nitrogen and oxygen atoms in total. The molecule has 1 fully saturated rings. The van der Waals surface area contributed by atoms with Crippen LogP contribution in [0.3, 0.4) is 0 Å². The van der Waals surface area contributed by atoms with E-state index in [9.17, 15) is 4.79 Å². The third kappa shape index (κ3) is 5.99. The van der Waals surface area contributed by atoms with Crippen LogP contribution in [0.5, 0.6) is 0 Å². The first-order valence-corrected chi connectivity index (χ1v) is 8.95. The minimum absolute atomic E-state index is 0.0570. The van der Waals surface area contributed by atoms with Crippen molar-refractivity contribution in [2.24, 2.45) is 0 Å². The minimum Gasteiger partial charge on any atom is -0.370 e. The van der Waals surface area contributed by atoms with E-state index in [4.69, 9.17) is 4.74 Å². The van der Waals surface area contributed by atoms with Crippen LogP contribution in [-0.4, -0.2) is 50.5 Å². The standard InChI is InChI=1S/C17H26N2O2S/c1-14-4-6-16(7-5-14)22-15(2)17(20)18-8-3-9-19-10-12-21-13-11-19/h4-7,15H,3,8-13H2,1-2H3,(H,18,20)/p+1/t15-/m0/s1. The summed E-state index contributed by atoms with van der Waals surface area (Å²) in [6, 6.07) is 8.31. The van der Waals surface area contributed by atoms with Gasteiger partial charge in [-0.3, -0.25) is 4.79 Å². The molecule has 0 unspecified atom stereocenters. The lowest BCUT2D eigenvalue weighted by Gasteiger charge is -2.23. The molecular formula is C17H27N2O2S+. The lowest BCUT2D eigenvalue weighted by molar-refractivity contribution is -0.908. The largest absolute Gasteiger partial charge is 0.370 e. The van der Waals surface area contributed by atoms with Crippen LogP contribution in [0.25, 0.3) is 0 Å². The van der Waals surface area contributed by atoms with Crippen molar-refractivity contribution in [3.8, 4) is 0 Å². The molecule has 0 bridgehead atoms. The average Bonchev–Trinajstić information content (AvgIpc) is 2.54. The van der Waals surface area contributed by atoms with Gasteiger partial charge in [0.15, 0.2) is 0 Å². The van der Waals surface area contributed by atoms with Crippen molar-refractivity contribution in [2.75, 3.05) is 39.4 Å². The molecule has 1 aromatic carbocycles. The maximum Gasteiger partial charge on any atom is 0.233 e. The molecule has 0 aliphatic carbocycles. The van der Waals surface area contributed by atoms with Gasteiger partial charge in [-0.15, -0.1) is 11.8 Å². The van der Waals surface area contributed by atoms with Crippen molar-refractivity contribution in [2.45, 2.75) is 30.4 Å². The van der Waals surface area contributed by atoms with Gasteiger partial charge in [-0.05, 0) is 26.0 Å². The fourth-order valence-corrected chi connectivity index (χ4v) is 3.37. The Morgan fingerprint density at radius 3 is 2.68 bits per heavy atom. The van der Waals surface area contributed by atoms with Crippen LogP contribution in [0.2, 0.25) is 0 Å². The summed E-state index contributed by atoms with van der Waals surface area (Å²) in [5.41, 5.74) is 1.24. The number of quaternary nitrogens is 1. The predicted molar refractivity (Wildman–Crippen MR) is 90.5 cm³/mol. The Morgan fingerprint density at radius 2 is 2.00 bits per heavy atom. The van der Waals surface area contributed by atoms with Crippen molar-refractivity contribution >= 4 is 17.7 Å². The van der Waals surface area contributed by atoms with Crippen LogP contribution in [0.4, 0.5) is 0 Å².